The molecule has 1 saturated heterocycles. The third kappa shape index (κ3) is 6.80. The molecule has 0 saturated carbocycles. The van der Waals surface area contributed by atoms with Gasteiger partial charge >= 0.3 is 11.9 Å². The zero-order chi connectivity index (χ0) is 20.7. The predicted octanol–water partition coefficient (Wildman–Crippen LogP) is 1.98. The molecular formula is C21H32N2O5. The van der Waals surface area contributed by atoms with Crippen LogP contribution in [0.25, 0.3) is 0 Å². The molecule has 2 rings (SSSR count). The van der Waals surface area contributed by atoms with E-state index in [1.807, 2.05) is 33.8 Å². The minimum atomic E-state index is -0.534. The summed E-state index contributed by atoms with van der Waals surface area (Å²) in [5.41, 5.74) is 3.47. The summed E-state index contributed by atoms with van der Waals surface area (Å²) in [5, 5.41) is 3.35. The molecule has 0 radical (unpaired) electrons. The lowest BCUT2D eigenvalue weighted by Crippen LogP contribution is -2.44. The summed E-state index contributed by atoms with van der Waals surface area (Å²) >= 11 is 0. The number of methoxy groups -OCH3 is 1. The first kappa shape index (κ1) is 22.2. The maximum atomic E-state index is 11.8. The average Bonchev–Trinajstić information content (AvgIpc) is 2.63. The Bertz CT molecular complexity index is 691. The summed E-state index contributed by atoms with van der Waals surface area (Å²) in [6.07, 6.45) is 0.210. The molecule has 7 nitrogen and oxygen atoms in total. The van der Waals surface area contributed by atoms with Crippen LogP contribution in [0.15, 0.2) is 12.1 Å². The summed E-state index contributed by atoms with van der Waals surface area (Å²) in [6, 6.07) is 4.03. The molecule has 1 aliphatic heterocycles. The van der Waals surface area contributed by atoms with E-state index in [0.717, 1.165) is 48.6 Å². The normalized spacial score (nSPS) is 14.7. The molecule has 1 aromatic carbocycles. The Morgan fingerprint density at radius 2 is 1.82 bits per heavy atom. The minimum absolute atomic E-state index is 0.111. The highest BCUT2D eigenvalue weighted by molar-refractivity contribution is 5.74. The standard InChI is InChI=1S/C21H32N2O5/c1-15-17(12-19(24)26-5)10-16(11-18(15)23-8-6-22-7-9-23)13-27-14-20(25)28-21(2,3)4/h10-11,22H,6-9,12-14H2,1-5H3. The van der Waals surface area contributed by atoms with E-state index in [2.05, 4.69) is 16.3 Å². The van der Waals surface area contributed by atoms with Crippen LogP contribution < -0.4 is 10.2 Å². The Labute approximate surface area is 167 Å². The van der Waals surface area contributed by atoms with Crippen LogP contribution in [0.5, 0.6) is 0 Å². The summed E-state index contributed by atoms with van der Waals surface area (Å²) in [4.78, 5) is 26.0. The highest BCUT2D eigenvalue weighted by Crippen LogP contribution is 2.27. The lowest BCUT2D eigenvalue weighted by molar-refractivity contribution is -0.160. The van der Waals surface area contributed by atoms with Gasteiger partial charge in [0, 0.05) is 31.9 Å². The SMILES string of the molecule is COC(=O)Cc1cc(COCC(=O)OC(C)(C)C)cc(N2CCNCC2)c1C. The minimum Gasteiger partial charge on any atom is -0.469 e. The third-order valence-corrected chi connectivity index (χ3v) is 4.48. The first-order valence-electron chi connectivity index (χ1n) is 9.64. The van der Waals surface area contributed by atoms with Gasteiger partial charge in [-0.3, -0.25) is 4.79 Å². The number of hydrogen-bond donors (Lipinski definition) is 1. The van der Waals surface area contributed by atoms with E-state index in [4.69, 9.17) is 14.2 Å². The van der Waals surface area contributed by atoms with Gasteiger partial charge in [0.15, 0.2) is 0 Å². The summed E-state index contributed by atoms with van der Waals surface area (Å²) in [6.45, 7) is 11.3. The number of nitrogens with one attached hydrogen (secondary N) is 1. The third-order valence-electron chi connectivity index (χ3n) is 4.48. The fourth-order valence-electron chi connectivity index (χ4n) is 3.17. The number of hydrogen-bond acceptors (Lipinski definition) is 7. The molecule has 0 unspecified atom stereocenters. The van der Waals surface area contributed by atoms with Crippen molar-refractivity contribution in [3.05, 3.63) is 28.8 Å². The van der Waals surface area contributed by atoms with Crippen molar-refractivity contribution in [2.75, 3.05) is 44.8 Å². The first-order valence-corrected chi connectivity index (χ1v) is 9.64. The number of ether oxygens (including phenoxy) is 3. The predicted molar refractivity (Wildman–Crippen MR) is 107 cm³/mol. The number of rotatable bonds is 7. The molecule has 0 bridgehead atoms. The molecule has 28 heavy (non-hydrogen) atoms. The van der Waals surface area contributed by atoms with Crippen LogP contribution in [0, 0.1) is 6.92 Å². The van der Waals surface area contributed by atoms with Crippen molar-refractivity contribution in [2.45, 2.75) is 46.3 Å². The Hall–Kier alpha value is -2.12. The van der Waals surface area contributed by atoms with E-state index >= 15 is 0 Å². The van der Waals surface area contributed by atoms with Crippen LogP contribution in [0.2, 0.25) is 0 Å². The van der Waals surface area contributed by atoms with Crippen LogP contribution in [0.1, 0.15) is 37.5 Å². The molecule has 0 aliphatic carbocycles. The van der Waals surface area contributed by atoms with Gasteiger partial charge in [-0.25, -0.2) is 4.79 Å². The van der Waals surface area contributed by atoms with Gasteiger partial charge in [-0.15, -0.1) is 0 Å². The average molecular weight is 392 g/mol. The molecule has 1 N–H and O–H groups in total. The first-order chi connectivity index (χ1) is 13.2. The van der Waals surface area contributed by atoms with Gasteiger partial charge < -0.3 is 24.4 Å². The second kappa shape index (κ2) is 9.89. The van der Waals surface area contributed by atoms with Crippen LogP contribution in [-0.2, 0) is 36.8 Å². The van der Waals surface area contributed by atoms with Gasteiger partial charge in [0.25, 0.3) is 0 Å². The molecule has 1 aliphatic rings. The molecule has 1 heterocycles. The highest BCUT2D eigenvalue weighted by atomic mass is 16.6. The van der Waals surface area contributed by atoms with E-state index in [1.165, 1.54) is 7.11 Å². The number of carbonyl (C=O) groups excluding carboxylic acids is 2. The maximum absolute atomic E-state index is 11.8. The van der Waals surface area contributed by atoms with Crippen LogP contribution in [0.3, 0.4) is 0 Å². The molecule has 156 valence electrons. The maximum Gasteiger partial charge on any atom is 0.332 e. The largest absolute Gasteiger partial charge is 0.469 e. The zero-order valence-electron chi connectivity index (χ0n) is 17.6. The molecule has 1 aromatic rings. The van der Waals surface area contributed by atoms with Gasteiger partial charge in [0.1, 0.15) is 12.2 Å². The molecule has 0 atom stereocenters. The Kier molecular flexibility index (Phi) is 7.83. The monoisotopic (exact) mass is 392 g/mol. The second-order valence-electron chi connectivity index (χ2n) is 7.97. The second-order valence-corrected chi connectivity index (χ2v) is 7.97. The van der Waals surface area contributed by atoms with Gasteiger partial charge in [-0.2, -0.15) is 0 Å². The number of piperazine rings is 1. The molecular weight excluding hydrogens is 360 g/mol. The van der Waals surface area contributed by atoms with Crippen molar-refractivity contribution >= 4 is 17.6 Å². The number of anilines is 1. The fraction of sp³-hybridized carbons (Fsp3) is 0.619. The number of nitrogens with zero attached hydrogens (tertiary/aromatic N) is 1. The van der Waals surface area contributed by atoms with Crippen LogP contribution in [0.4, 0.5) is 5.69 Å². The Morgan fingerprint density at radius 1 is 1.14 bits per heavy atom. The van der Waals surface area contributed by atoms with Gasteiger partial charge in [0.05, 0.1) is 20.1 Å². The van der Waals surface area contributed by atoms with E-state index in [9.17, 15) is 9.59 Å². The number of carbonyl (C=O) groups is 2. The Balaban J connectivity index is 2.14. The lowest BCUT2D eigenvalue weighted by atomic mass is 9.99. The van der Waals surface area contributed by atoms with Gasteiger partial charge in [0.2, 0.25) is 0 Å². The van der Waals surface area contributed by atoms with Crippen molar-refractivity contribution in [2.24, 2.45) is 0 Å². The molecule has 7 heteroatoms. The van der Waals surface area contributed by atoms with Crippen LogP contribution >= 0.6 is 0 Å². The van der Waals surface area contributed by atoms with Crippen molar-refractivity contribution in [3.63, 3.8) is 0 Å². The topological polar surface area (TPSA) is 77.1 Å². The number of benzene rings is 1. The smallest absolute Gasteiger partial charge is 0.332 e. The van der Waals surface area contributed by atoms with E-state index in [-0.39, 0.29) is 25.6 Å². The van der Waals surface area contributed by atoms with Crippen LogP contribution in [-0.4, -0.2) is 57.4 Å². The Morgan fingerprint density at radius 3 is 2.43 bits per heavy atom. The van der Waals surface area contributed by atoms with E-state index < -0.39 is 11.6 Å². The van der Waals surface area contributed by atoms with Gasteiger partial charge in [-0.05, 0) is 50.5 Å². The highest BCUT2D eigenvalue weighted by Gasteiger charge is 2.19. The van der Waals surface area contributed by atoms with Crippen molar-refractivity contribution < 1.29 is 23.8 Å². The molecule has 0 aromatic heterocycles. The summed E-state index contributed by atoms with van der Waals surface area (Å²) in [5.74, 6) is -0.669. The molecule has 0 spiro atoms. The quantitative estimate of drug-likeness (QED) is 0.711. The van der Waals surface area contributed by atoms with Crippen molar-refractivity contribution in [1.82, 2.24) is 5.32 Å². The zero-order valence-corrected chi connectivity index (χ0v) is 17.6. The fourth-order valence-corrected chi connectivity index (χ4v) is 3.17. The van der Waals surface area contributed by atoms with Gasteiger partial charge in [-0.1, -0.05) is 6.07 Å². The summed E-state index contributed by atoms with van der Waals surface area (Å²) < 4.78 is 15.7. The van der Waals surface area contributed by atoms with Crippen molar-refractivity contribution in [1.29, 1.82) is 0 Å². The molecule has 1 fully saturated rings. The number of esters is 2. The summed E-state index contributed by atoms with van der Waals surface area (Å²) in [7, 11) is 1.39. The van der Waals surface area contributed by atoms with E-state index in [1.54, 1.807) is 0 Å². The lowest BCUT2D eigenvalue weighted by Gasteiger charge is -2.32. The van der Waals surface area contributed by atoms with E-state index in [0.29, 0.717) is 0 Å². The molecule has 0 amide bonds. The van der Waals surface area contributed by atoms with Crippen molar-refractivity contribution in [3.8, 4) is 0 Å².